The highest BCUT2D eigenvalue weighted by Crippen LogP contribution is 2.37. The number of aromatic nitrogens is 1. The maximum absolute atomic E-state index is 9.94. The fourth-order valence-corrected chi connectivity index (χ4v) is 3.64. The molecule has 1 aliphatic heterocycles. The largest absolute Gasteiger partial charge is 0.504 e. The Kier molecular flexibility index (Phi) is 3.87. The molecule has 1 atom stereocenters. The summed E-state index contributed by atoms with van der Waals surface area (Å²) in [7, 11) is 0. The van der Waals surface area contributed by atoms with Gasteiger partial charge in [0, 0.05) is 28.2 Å². The van der Waals surface area contributed by atoms with Crippen LogP contribution in [0, 0.1) is 0 Å². The molecule has 1 aliphatic rings. The van der Waals surface area contributed by atoms with E-state index in [1.165, 1.54) is 10.9 Å². The van der Waals surface area contributed by atoms with Crippen LogP contribution in [0.1, 0.15) is 29.8 Å². The molecule has 3 N–H and O–H groups in total. The summed E-state index contributed by atoms with van der Waals surface area (Å²) in [6, 6.07) is 11.5. The summed E-state index contributed by atoms with van der Waals surface area (Å²) in [6.07, 6.45) is 0.961. The Bertz CT molecular complexity index is 904. The van der Waals surface area contributed by atoms with E-state index in [-0.39, 0.29) is 11.8 Å². The van der Waals surface area contributed by atoms with Gasteiger partial charge >= 0.3 is 0 Å². The minimum absolute atomic E-state index is 0.0414. The maximum Gasteiger partial charge on any atom is 0.161 e. The molecule has 1 aromatic heterocycles. The molecule has 0 unspecified atom stereocenters. The number of hydrogen-bond donors (Lipinski definition) is 3. The minimum atomic E-state index is 0.0414. The SMILES string of the molecule is CCOc1cc([C@H]2NCCc3c2[nH]c2ccc(Cl)cc32)ccc1O. The number of phenolic OH excluding ortho intramolecular Hbond substituents is 1. The van der Waals surface area contributed by atoms with Crippen LogP contribution >= 0.6 is 11.6 Å². The molecule has 0 fully saturated rings. The molecular formula is C19H19ClN2O2. The second-order valence-electron chi connectivity index (χ2n) is 6.00. The third-order valence-corrected chi connectivity index (χ3v) is 4.77. The lowest BCUT2D eigenvalue weighted by Crippen LogP contribution is -2.30. The molecule has 4 nitrogen and oxygen atoms in total. The highest BCUT2D eigenvalue weighted by Gasteiger charge is 2.26. The highest BCUT2D eigenvalue weighted by molar-refractivity contribution is 6.31. The molecule has 0 radical (unpaired) electrons. The average molecular weight is 343 g/mol. The summed E-state index contributed by atoms with van der Waals surface area (Å²) >= 11 is 6.17. The van der Waals surface area contributed by atoms with E-state index in [4.69, 9.17) is 16.3 Å². The summed E-state index contributed by atoms with van der Waals surface area (Å²) in [4.78, 5) is 3.53. The van der Waals surface area contributed by atoms with Crippen molar-refractivity contribution < 1.29 is 9.84 Å². The number of halogens is 1. The Hall–Kier alpha value is -2.17. The fourth-order valence-electron chi connectivity index (χ4n) is 3.47. The molecule has 2 heterocycles. The van der Waals surface area contributed by atoms with Gasteiger partial charge in [0.1, 0.15) is 0 Å². The van der Waals surface area contributed by atoms with Crippen molar-refractivity contribution in [3.05, 3.63) is 58.2 Å². The Morgan fingerprint density at radius 3 is 2.96 bits per heavy atom. The molecule has 0 aliphatic carbocycles. The van der Waals surface area contributed by atoms with Crippen LogP contribution in [0.3, 0.4) is 0 Å². The van der Waals surface area contributed by atoms with E-state index in [1.54, 1.807) is 6.07 Å². The van der Waals surface area contributed by atoms with Crippen LogP contribution in [0.15, 0.2) is 36.4 Å². The Morgan fingerprint density at radius 1 is 1.25 bits per heavy atom. The van der Waals surface area contributed by atoms with Gasteiger partial charge in [-0.25, -0.2) is 0 Å². The standard InChI is InChI=1S/C19H19ClN2O2/c1-2-24-17-9-11(3-6-16(17)23)18-19-13(7-8-21-18)14-10-12(20)4-5-15(14)22-19/h3-6,9-10,18,21-23H,2,7-8H2,1H3/t18-/m1/s1. The smallest absolute Gasteiger partial charge is 0.161 e. The van der Waals surface area contributed by atoms with Crippen molar-refractivity contribution >= 4 is 22.5 Å². The number of nitrogens with one attached hydrogen (secondary N) is 2. The van der Waals surface area contributed by atoms with Gasteiger partial charge in [0.15, 0.2) is 11.5 Å². The number of hydrogen-bond acceptors (Lipinski definition) is 3. The summed E-state index contributed by atoms with van der Waals surface area (Å²) in [5.41, 5.74) is 4.63. The van der Waals surface area contributed by atoms with Crippen LogP contribution in [0.5, 0.6) is 11.5 Å². The first-order valence-electron chi connectivity index (χ1n) is 8.16. The first kappa shape index (κ1) is 15.4. The molecule has 0 bridgehead atoms. The van der Waals surface area contributed by atoms with Crippen molar-refractivity contribution in [2.75, 3.05) is 13.2 Å². The van der Waals surface area contributed by atoms with Crippen LogP contribution in [0.2, 0.25) is 5.02 Å². The average Bonchev–Trinajstić information content (AvgIpc) is 2.95. The Labute approximate surface area is 145 Å². The Morgan fingerprint density at radius 2 is 2.12 bits per heavy atom. The predicted molar refractivity (Wildman–Crippen MR) is 96.1 cm³/mol. The second kappa shape index (κ2) is 6.04. The van der Waals surface area contributed by atoms with Crippen LogP contribution in [-0.4, -0.2) is 23.2 Å². The van der Waals surface area contributed by atoms with Crippen molar-refractivity contribution in [2.24, 2.45) is 0 Å². The Balaban J connectivity index is 1.82. The molecule has 3 aromatic rings. The maximum atomic E-state index is 9.94. The topological polar surface area (TPSA) is 57.3 Å². The first-order valence-corrected chi connectivity index (χ1v) is 8.54. The fraction of sp³-hybridized carbons (Fsp3) is 0.263. The lowest BCUT2D eigenvalue weighted by molar-refractivity contribution is 0.317. The molecule has 2 aromatic carbocycles. The minimum Gasteiger partial charge on any atom is -0.504 e. The molecular weight excluding hydrogens is 324 g/mol. The number of H-pyrrole nitrogens is 1. The zero-order valence-corrected chi connectivity index (χ0v) is 14.2. The van der Waals surface area contributed by atoms with Gasteiger partial charge in [-0.15, -0.1) is 0 Å². The zero-order chi connectivity index (χ0) is 16.7. The van der Waals surface area contributed by atoms with E-state index in [0.29, 0.717) is 12.4 Å². The van der Waals surface area contributed by atoms with E-state index < -0.39 is 0 Å². The van der Waals surface area contributed by atoms with Crippen molar-refractivity contribution in [1.29, 1.82) is 0 Å². The second-order valence-corrected chi connectivity index (χ2v) is 6.44. The molecule has 4 rings (SSSR count). The van der Waals surface area contributed by atoms with Crippen LogP contribution in [0.4, 0.5) is 0 Å². The number of aromatic amines is 1. The number of fused-ring (bicyclic) bond motifs is 3. The van der Waals surface area contributed by atoms with Crippen LogP contribution in [-0.2, 0) is 6.42 Å². The van der Waals surface area contributed by atoms with Gasteiger partial charge in [0.2, 0.25) is 0 Å². The molecule has 0 amide bonds. The van der Waals surface area contributed by atoms with Gasteiger partial charge in [-0.3, -0.25) is 0 Å². The summed E-state index contributed by atoms with van der Waals surface area (Å²) in [6.45, 7) is 3.32. The number of phenols is 1. The summed E-state index contributed by atoms with van der Waals surface area (Å²) in [5.74, 6) is 0.683. The van der Waals surface area contributed by atoms with Gasteiger partial charge in [0.05, 0.1) is 12.6 Å². The van der Waals surface area contributed by atoms with Gasteiger partial charge in [-0.05, 0) is 54.8 Å². The molecule has 124 valence electrons. The quantitative estimate of drug-likeness (QED) is 0.670. The number of ether oxygens (including phenoxy) is 1. The van der Waals surface area contributed by atoms with E-state index in [0.717, 1.165) is 34.8 Å². The van der Waals surface area contributed by atoms with E-state index >= 15 is 0 Å². The van der Waals surface area contributed by atoms with Crippen LogP contribution < -0.4 is 10.1 Å². The predicted octanol–water partition coefficient (Wildman–Crippen LogP) is 4.16. The summed E-state index contributed by atoms with van der Waals surface area (Å²) < 4.78 is 5.53. The zero-order valence-electron chi connectivity index (χ0n) is 13.4. The van der Waals surface area contributed by atoms with Gasteiger partial charge in [-0.1, -0.05) is 17.7 Å². The highest BCUT2D eigenvalue weighted by atomic mass is 35.5. The molecule has 0 saturated carbocycles. The van der Waals surface area contributed by atoms with E-state index in [9.17, 15) is 5.11 Å². The normalized spacial score (nSPS) is 17.0. The van der Waals surface area contributed by atoms with Crippen molar-refractivity contribution in [1.82, 2.24) is 10.3 Å². The molecule has 0 saturated heterocycles. The summed E-state index contributed by atoms with van der Waals surface area (Å²) in [5, 5.41) is 15.4. The lowest BCUT2D eigenvalue weighted by atomic mass is 9.94. The van der Waals surface area contributed by atoms with Crippen molar-refractivity contribution in [2.45, 2.75) is 19.4 Å². The number of benzene rings is 2. The third-order valence-electron chi connectivity index (χ3n) is 4.53. The lowest BCUT2D eigenvalue weighted by Gasteiger charge is -2.25. The monoisotopic (exact) mass is 342 g/mol. The van der Waals surface area contributed by atoms with Gasteiger partial charge < -0.3 is 20.1 Å². The molecule has 5 heteroatoms. The number of rotatable bonds is 3. The van der Waals surface area contributed by atoms with Crippen LogP contribution in [0.25, 0.3) is 10.9 Å². The third kappa shape index (κ3) is 2.52. The van der Waals surface area contributed by atoms with E-state index in [2.05, 4.69) is 10.3 Å². The van der Waals surface area contributed by atoms with Crippen molar-refractivity contribution in [3.63, 3.8) is 0 Å². The molecule has 24 heavy (non-hydrogen) atoms. The van der Waals surface area contributed by atoms with Crippen molar-refractivity contribution in [3.8, 4) is 11.5 Å². The number of aromatic hydroxyl groups is 1. The van der Waals surface area contributed by atoms with E-state index in [1.807, 2.05) is 37.3 Å². The molecule has 0 spiro atoms. The van der Waals surface area contributed by atoms with Gasteiger partial charge in [0.25, 0.3) is 0 Å². The first-order chi connectivity index (χ1) is 11.7. The van der Waals surface area contributed by atoms with Gasteiger partial charge in [-0.2, -0.15) is 0 Å².